The van der Waals surface area contributed by atoms with Gasteiger partial charge in [-0.15, -0.1) is 0 Å². The van der Waals surface area contributed by atoms with E-state index in [1.807, 2.05) is 6.92 Å². The van der Waals surface area contributed by atoms with Crippen molar-refractivity contribution in [1.82, 2.24) is 5.32 Å². The van der Waals surface area contributed by atoms with Crippen molar-refractivity contribution in [2.75, 3.05) is 26.4 Å². The van der Waals surface area contributed by atoms with E-state index in [1.54, 1.807) is 0 Å². The highest BCUT2D eigenvalue weighted by Gasteiger charge is 2.21. The van der Waals surface area contributed by atoms with Gasteiger partial charge < -0.3 is 14.8 Å². The number of benzene rings is 1. The van der Waals surface area contributed by atoms with Crippen molar-refractivity contribution in [2.45, 2.75) is 45.6 Å². The Morgan fingerprint density at radius 1 is 1.35 bits per heavy atom. The predicted octanol–water partition coefficient (Wildman–Crippen LogP) is 3.48. The molecule has 1 aromatic rings. The van der Waals surface area contributed by atoms with Crippen molar-refractivity contribution in [2.24, 2.45) is 0 Å². The third-order valence-electron chi connectivity index (χ3n) is 3.75. The monoisotopic (exact) mass is 277 g/mol. The Morgan fingerprint density at radius 3 is 3.05 bits per heavy atom. The summed E-state index contributed by atoms with van der Waals surface area (Å²) in [5.74, 6) is 1.12. The van der Waals surface area contributed by atoms with Crippen LogP contribution in [0.1, 0.15) is 50.3 Å². The summed E-state index contributed by atoms with van der Waals surface area (Å²) in [4.78, 5) is 0. The normalized spacial score (nSPS) is 14.9. The molecule has 0 aliphatic carbocycles. The quantitative estimate of drug-likeness (QED) is 0.701. The topological polar surface area (TPSA) is 30.5 Å². The predicted molar refractivity (Wildman–Crippen MR) is 82.4 cm³/mol. The van der Waals surface area contributed by atoms with Crippen molar-refractivity contribution in [3.63, 3.8) is 0 Å². The Kier molecular flexibility index (Phi) is 6.34. The van der Waals surface area contributed by atoms with Crippen molar-refractivity contribution in [3.8, 4) is 5.75 Å². The molecule has 0 bridgehead atoms. The molecule has 0 radical (unpaired) electrons. The van der Waals surface area contributed by atoms with Crippen LogP contribution in [0, 0.1) is 0 Å². The molecule has 1 aliphatic heterocycles. The van der Waals surface area contributed by atoms with Gasteiger partial charge in [-0.05, 0) is 38.3 Å². The summed E-state index contributed by atoms with van der Waals surface area (Å²) < 4.78 is 11.3. The van der Waals surface area contributed by atoms with E-state index in [4.69, 9.17) is 9.47 Å². The second-order valence-electron chi connectivity index (χ2n) is 5.28. The average molecular weight is 277 g/mol. The van der Waals surface area contributed by atoms with Crippen LogP contribution in [0.4, 0.5) is 0 Å². The SMILES string of the molecule is CCCNC(CCCOCC)c1cccc2c1OCC2. The Balaban J connectivity index is 2.03. The fourth-order valence-corrected chi connectivity index (χ4v) is 2.73. The van der Waals surface area contributed by atoms with Crippen molar-refractivity contribution >= 4 is 0 Å². The van der Waals surface area contributed by atoms with Crippen LogP contribution in [0.25, 0.3) is 0 Å². The zero-order valence-electron chi connectivity index (χ0n) is 12.8. The summed E-state index contributed by atoms with van der Waals surface area (Å²) in [6.45, 7) is 7.77. The molecule has 0 aromatic heterocycles. The number of hydrogen-bond acceptors (Lipinski definition) is 3. The van der Waals surface area contributed by atoms with Gasteiger partial charge in [0.2, 0.25) is 0 Å². The fraction of sp³-hybridized carbons (Fsp3) is 0.647. The molecule has 1 atom stereocenters. The highest BCUT2D eigenvalue weighted by Crippen LogP contribution is 2.35. The van der Waals surface area contributed by atoms with E-state index in [1.165, 1.54) is 11.1 Å². The minimum Gasteiger partial charge on any atom is -0.493 e. The van der Waals surface area contributed by atoms with Crippen molar-refractivity contribution in [1.29, 1.82) is 0 Å². The first-order valence-corrected chi connectivity index (χ1v) is 7.92. The largest absolute Gasteiger partial charge is 0.493 e. The molecule has 0 fully saturated rings. The van der Waals surface area contributed by atoms with Gasteiger partial charge in [-0.1, -0.05) is 25.1 Å². The summed E-state index contributed by atoms with van der Waals surface area (Å²) in [6, 6.07) is 6.93. The van der Waals surface area contributed by atoms with Gasteiger partial charge in [0.05, 0.1) is 6.61 Å². The molecule has 0 amide bonds. The van der Waals surface area contributed by atoms with Crippen LogP contribution in [0.5, 0.6) is 5.75 Å². The number of hydrogen-bond donors (Lipinski definition) is 1. The number of nitrogens with one attached hydrogen (secondary N) is 1. The van der Waals surface area contributed by atoms with Gasteiger partial charge in [0.15, 0.2) is 0 Å². The van der Waals surface area contributed by atoms with Gasteiger partial charge in [-0.2, -0.15) is 0 Å². The lowest BCUT2D eigenvalue weighted by atomic mass is 9.98. The van der Waals surface area contributed by atoms with Gasteiger partial charge in [-0.25, -0.2) is 0 Å². The third kappa shape index (κ3) is 3.97. The minimum atomic E-state index is 0.378. The van der Waals surface area contributed by atoms with Crippen molar-refractivity contribution < 1.29 is 9.47 Å². The van der Waals surface area contributed by atoms with Crippen LogP contribution >= 0.6 is 0 Å². The summed E-state index contributed by atoms with van der Waals surface area (Å²) in [5, 5.41) is 3.66. The summed E-state index contributed by atoms with van der Waals surface area (Å²) in [6.07, 6.45) is 4.37. The second kappa shape index (κ2) is 8.28. The van der Waals surface area contributed by atoms with Gasteiger partial charge in [0.25, 0.3) is 0 Å². The molecule has 1 N–H and O–H groups in total. The molecular weight excluding hydrogens is 250 g/mol. The first-order valence-electron chi connectivity index (χ1n) is 7.92. The first kappa shape index (κ1) is 15.3. The lowest BCUT2D eigenvalue weighted by Crippen LogP contribution is -2.23. The molecule has 0 saturated heterocycles. The maximum absolute atomic E-state index is 5.85. The van der Waals surface area contributed by atoms with E-state index in [-0.39, 0.29) is 0 Å². The van der Waals surface area contributed by atoms with Gasteiger partial charge in [0.1, 0.15) is 5.75 Å². The van der Waals surface area contributed by atoms with Crippen LogP contribution < -0.4 is 10.1 Å². The maximum Gasteiger partial charge on any atom is 0.127 e. The summed E-state index contributed by atoms with van der Waals surface area (Å²) in [5.41, 5.74) is 2.68. The van der Waals surface area contributed by atoms with E-state index in [0.717, 1.165) is 57.8 Å². The Bertz CT molecular complexity index is 406. The van der Waals surface area contributed by atoms with Crippen molar-refractivity contribution in [3.05, 3.63) is 29.3 Å². The molecular formula is C17H27NO2. The maximum atomic E-state index is 5.85. The first-order chi connectivity index (χ1) is 9.86. The van der Waals surface area contributed by atoms with Crippen LogP contribution in [0.2, 0.25) is 0 Å². The lowest BCUT2D eigenvalue weighted by Gasteiger charge is -2.21. The molecule has 1 unspecified atom stereocenters. The Hall–Kier alpha value is -1.06. The zero-order valence-corrected chi connectivity index (χ0v) is 12.8. The van der Waals surface area contributed by atoms with Gasteiger partial charge in [-0.3, -0.25) is 0 Å². The van der Waals surface area contributed by atoms with Gasteiger partial charge >= 0.3 is 0 Å². The molecule has 0 spiro atoms. The summed E-state index contributed by atoms with van der Waals surface area (Å²) in [7, 11) is 0. The molecule has 2 rings (SSSR count). The van der Waals surface area contributed by atoms with Crippen LogP contribution in [0.15, 0.2) is 18.2 Å². The highest BCUT2D eigenvalue weighted by atomic mass is 16.5. The lowest BCUT2D eigenvalue weighted by molar-refractivity contribution is 0.140. The smallest absolute Gasteiger partial charge is 0.127 e. The average Bonchev–Trinajstić information content (AvgIpc) is 2.95. The van der Waals surface area contributed by atoms with E-state index >= 15 is 0 Å². The summed E-state index contributed by atoms with van der Waals surface area (Å²) >= 11 is 0. The molecule has 0 saturated carbocycles. The molecule has 1 aromatic carbocycles. The molecule has 3 nitrogen and oxygen atoms in total. The number of rotatable bonds is 9. The van der Waals surface area contributed by atoms with E-state index in [0.29, 0.717) is 6.04 Å². The zero-order chi connectivity index (χ0) is 14.2. The molecule has 20 heavy (non-hydrogen) atoms. The fourth-order valence-electron chi connectivity index (χ4n) is 2.73. The van der Waals surface area contributed by atoms with Crippen LogP contribution in [-0.2, 0) is 11.2 Å². The minimum absolute atomic E-state index is 0.378. The second-order valence-corrected chi connectivity index (χ2v) is 5.28. The Morgan fingerprint density at radius 2 is 2.25 bits per heavy atom. The standard InChI is InChI=1S/C17H27NO2/c1-3-11-18-16(9-6-12-19-4-2)15-8-5-7-14-10-13-20-17(14)15/h5,7-8,16,18H,3-4,6,9-13H2,1-2H3. The molecule has 1 heterocycles. The van der Waals surface area contributed by atoms with E-state index in [9.17, 15) is 0 Å². The van der Waals surface area contributed by atoms with E-state index < -0.39 is 0 Å². The molecule has 112 valence electrons. The number of fused-ring (bicyclic) bond motifs is 1. The van der Waals surface area contributed by atoms with Crippen LogP contribution in [0.3, 0.4) is 0 Å². The van der Waals surface area contributed by atoms with Gasteiger partial charge in [0, 0.05) is 31.2 Å². The number of ether oxygens (including phenoxy) is 2. The highest BCUT2D eigenvalue weighted by molar-refractivity contribution is 5.45. The van der Waals surface area contributed by atoms with E-state index in [2.05, 4.69) is 30.4 Å². The third-order valence-corrected chi connectivity index (χ3v) is 3.75. The Labute approximate surface area is 122 Å². The number of para-hydroxylation sites is 1. The molecule has 3 heteroatoms. The van der Waals surface area contributed by atoms with Crippen LogP contribution in [-0.4, -0.2) is 26.4 Å². The molecule has 1 aliphatic rings.